The summed E-state index contributed by atoms with van der Waals surface area (Å²) in [6.45, 7) is 6.58. The van der Waals surface area contributed by atoms with Crippen molar-refractivity contribution in [3.8, 4) is 16.9 Å². The number of aromatic nitrogens is 2. The molecule has 0 bridgehead atoms. The molecule has 3 aromatic rings. The Morgan fingerprint density at radius 3 is 2.52 bits per heavy atom. The van der Waals surface area contributed by atoms with E-state index in [0.29, 0.717) is 17.7 Å². The molecule has 1 amide bonds. The number of hydrogen-bond donors (Lipinski definition) is 2. The molecular formula is C21H24N4O2. The Bertz CT molecular complexity index is 991. The maximum atomic E-state index is 12.3. The van der Waals surface area contributed by atoms with E-state index in [9.17, 15) is 4.79 Å². The summed E-state index contributed by atoms with van der Waals surface area (Å²) in [6, 6.07) is 9.87. The van der Waals surface area contributed by atoms with Gasteiger partial charge in [-0.05, 0) is 49.1 Å². The van der Waals surface area contributed by atoms with Gasteiger partial charge in [0.05, 0.1) is 12.8 Å². The third kappa shape index (κ3) is 3.43. The summed E-state index contributed by atoms with van der Waals surface area (Å²) in [7, 11) is 1.67. The van der Waals surface area contributed by atoms with Crippen LogP contribution in [0.4, 0.5) is 5.69 Å². The van der Waals surface area contributed by atoms with Gasteiger partial charge in [0, 0.05) is 17.5 Å². The molecule has 0 aliphatic rings. The van der Waals surface area contributed by atoms with Crippen LogP contribution in [0.2, 0.25) is 0 Å². The molecular weight excluding hydrogens is 340 g/mol. The Balaban J connectivity index is 2.14. The maximum absolute atomic E-state index is 12.3. The van der Waals surface area contributed by atoms with E-state index >= 15 is 0 Å². The first-order chi connectivity index (χ1) is 13.0. The predicted molar refractivity (Wildman–Crippen MR) is 108 cm³/mol. The quantitative estimate of drug-likeness (QED) is 0.721. The highest BCUT2D eigenvalue weighted by Gasteiger charge is 2.17. The van der Waals surface area contributed by atoms with Crippen molar-refractivity contribution in [2.75, 3.05) is 19.4 Å². The summed E-state index contributed by atoms with van der Waals surface area (Å²) in [5.41, 5.74) is 11.5. The molecule has 0 unspecified atom stereocenters. The van der Waals surface area contributed by atoms with Crippen molar-refractivity contribution in [3.05, 3.63) is 47.2 Å². The molecule has 27 heavy (non-hydrogen) atoms. The van der Waals surface area contributed by atoms with Gasteiger partial charge in [0.15, 0.2) is 5.69 Å². The highest BCUT2D eigenvalue weighted by atomic mass is 16.5. The first kappa shape index (κ1) is 18.6. The summed E-state index contributed by atoms with van der Waals surface area (Å²) < 4.78 is 5.46. The molecule has 6 heteroatoms. The van der Waals surface area contributed by atoms with Crippen LogP contribution in [-0.4, -0.2) is 29.8 Å². The Hall–Kier alpha value is -3.15. The number of anilines is 1. The lowest BCUT2D eigenvalue weighted by atomic mass is 9.97. The zero-order valence-corrected chi connectivity index (χ0v) is 16.1. The number of nitrogens with one attached hydrogen (secondary N) is 1. The lowest BCUT2D eigenvalue weighted by molar-refractivity contribution is 0.0949. The number of carbonyl (C=O) groups excluding carboxylic acids is 1. The van der Waals surface area contributed by atoms with E-state index in [1.54, 1.807) is 7.11 Å². The Labute approximate surface area is 158 Å². The van der Waals surface area contributed by atoms with Crippen LogP contribution in [0.5, 0.6) is 5.75 Å². The maximum Gasteiger partial charge on any atom is 0.273 e. The average Bonchev–Trinajstić information content (AvgIpc) is 2.65. The minimum atomic E-state index is -0.301. The summed E-state index contributed by atoms with van der Waals surface area (Å²) in [5.74, 6) is 0.574. The SMILES string of the molecule is CCCNC(=O)c1nnc2c(-c3cc(C)c(OC)c(C)c3)cccc2c1N. The number of nitrogens with two attached hydrogens (primary N) is 1. The van der Waals surface area contributed by atoms with Gasteiger partial charge < -0.3 is 15.8 Å². The molecule has 0 aliphatic carbocycles. The number of carbonyl (C=O) groups is 1. The van der Waals surface area contributed by atoms with Gasteiger partial charge in [0.1, 0.15) is 11.3 Å². The number of fused-ring (bicyclic) bond motifs is 1. The van der Waals surface area contributed by atoms with Crippen molar-refractivity contribution >= 4 is 22.5 Å². The molecule has 6 nitrogen and oxygen atoms in total. The van der Waals surface area contributed by atoms with E-state index in [0.717, 1.165) is 39.8 Å². The molecule has 0 fully saturated rings. The van der Waals surface area contributed by atoms with Gasteiger partial charge >= 0.3 is 0 Å². The number of methoxy groups -OCH3 is 1. The molecule has 2 aromatic carbocycles. The van der Waals surface area contributed by atoms with Crippen LogP contribution in [0.25, 0.3) is 22.0 Å². The Morgan fingerprint density at radius 2 is 1.89 bits per heavy atom. The molecule has 1 aromatic heterocycles. The fourth-order valence-electron chi connectivity index (χ4n) is 3.30. The van der Waals surface area contributed by atoms with Crippen molar-refractivity contribution in [3.63, 3.8) is 0 Å². The lowest BCUT2D eigenvalue weighted by Gasteiger charge is -2.14. The van der Waals surface area contributed by atoms with Crippen LogP contribution in [0.1, 0.15) is 35.0 Å². The van der Waals surface area contributed by atoms with Gasteiger partial charge in [0.25, 0.3) is 5.91 Å². The van der Waals surface area contributed by atoms with Crippen molar-refractivity contribution in [2.45, 2.75) is 27.2 Å². The zero-order valence-electron chi connectivity index (χ0n) is 16.1. The lowest BCUT2D eigenvalue weighted by Crippen LogP contribution is -2.26. The van der Waals surface area contributed by atoms with Crippen LogP contribution in [0.15, 0.2) is 30.3 Å². The van der Waals surface area contributed by atoms with Crippen molar-refractivity contribution in [1.29, 1.82) is 0 Å². The van der Waals surface area contributed by atoms with Gasteiger partial charge in [-0.15, -0.1) is 10.2 Å². The molecule has 0 saturated carbocycles. The summed E-state index contributed by atoms with van der Waals surface area (Å²) >= 11 is 0. The number of rotatable bonds is 5. The number of nitrogens with zero attached hydrogens (tertiary/aromatic N) is 2. The number of hydrogen-bond acceptors (Lipinski definition) is 5. The molecule has 1 heterocycles. The van der Waals surface area contributed by atoms with Gasteiger partial charge in [-0.2, -0.15) is 0 Å². The highest BCUT2D eigenvalue weighted by Crippen LogP contribution is 2.34. The Morgan fingerprint density at radius 1 is 1.19 bits per heavy atom. The number of nitrogen functional groups attached to an aromatic ring is 1. The van der Waals surface area contributed by atoms with Crippen molar-refractivity contribution in [1.82, 2.24) is 15.5 Å². The van der Waals surface area contributed by atoms with Crippen LogP contribution in [-0.2, 0) is 0 Å². The first-order valence-corrected chi connectivity index (χ1v) is 8.96. The molecule has 0 radical (unpaired) electrons. The van der Waals surface area contributed by atoms with Gasteiger partial charge in [-0.3, -0.25) is 4.79 Å². The minimum absolute atomic E-state index is 0.162. The van der Waals surface area contributed by atoms with E-state index in [1.165, 1.54) is 0 Å². The van der Waals surface area contributed by atoms with Crippen LogP contribution < -0.4 is 15.8 Å². The second-order valence-electron chi connectivity index (χ2n) is 6.56. The molecule has 0 aliphatic heterocycles. The predicted octanol–water partition coefficient (Wildman–Crippen LogP) is 3.64. The van der Waals surface area contributed by atoms with Gasteiger partial charge in [-0.25, -0.2) is 0 Å². The first-order valence-electron chi connectivity index (χ1n) is 8.96. The second kappa shape index (κ2) is 7.61. The van der Waals surface area contributed by atoms with Crippen molar-refractivity contribution in [2.24, 2.45) is 0 Å². The number of ether oxygens (including phenoxy) is 1. The topological polar surface area (TPSA) is 90.1 Å². The zero-order chi connectivity index (χ0) is 19.6. The van der Waals surface area contributed by atoms with Gasteiger partial charge in [0.2, 0.25) is 0 Å². The molecule has 3 rings (SSSR count). The smallest absolute Gasteiger partial charge is 0.273 e. The summed E-state index contributed by atoms with van der Waals surface area (Å²) in [6.07, 6.45) is 0.840. The number of benzene rings is 2. The average molecular weight is 364 g/mol. The Kier molecular flexibility index (Phi) is 5.26. The van der Waals surface area contributed by atoms with Crippen LogP contribution in [0.3, 0.4) is 0 Å². The van der Waals surface area contributed by atoms with Crippen LogP contribution in [0, 0.1) is 13.8 Å². The standard InChI is InChI=1S/C21H24N4O2/c1-5-9-23-21(26)19-17(22)16-8-6-7-15(18(16)24-25-19)14-10-12(2)20(27-4)13(3)11-14/h6-8,10-11H,5,9H2,1-4H3,(H2,22,24)(H,23,26). The largest absolute Gasteiger partial charge is 0.496 e. The molecule has 140 valence electrons. The molecule has 0 saturated heterocycles. The van der Waals surface area contributed by atoms with Crippen LogP contribution >= 0.6 is 0 Å². The molecule has 0 atom stereocenters. The third-order valence-electron chi connectivity index (χ3n) is 4.56. The van der Waals surface area contributed by atoms with E-state index in [1.807, 2.05) is 39.0 Å². The third-order valence-corrected chi connectivity index (χ3v) is 4.56. The molecule has 3 N–H and O–H groups in total. The van der Waals surface area contributed by atoms with E-state index in [-0.39, 0.29) is 11.6 Å². The fourth-order valence-corrected chi connectivity index (χ4v) is 3.30. The fraction of sp³-hybridized carbons (Fsp3) is 0.286. The summed E-state index contributed by atoms with van der Waals surface area (Å²) in [4.78, 5) is 12.3. The molecule has 0 spiro atoms. The highest BCUT2D eigenvalue weighted by molar-refractivity contribution is 6.07. The summed E-state index contributed by atoms with van der Waals surface area (Å²) in [5, 5.41) is 12.0. The minimum Gasteiger partial charge on any atom is -0.496 e. The van der Waals surface area contributed by atoms with E-state index in [4.69, 9.17) is 10.5 Å². The van der Waals surface area contributed by atoms with Gasteiger partial charge in [-0.1, -0.05) is 25.1 Å². The number of amides is 1. The normalized spacial score (nSPS) is 10.8. The number of aryl methyl sites for hydroxylation is 2. The monoisotopic (exact) mass is 364 g/mol. The van der Waals surface area contributed by atoms with E-state index in [2.05, 4.69) is 27.6 Å². The van der Waals surface area contributed by atoms with E-state index < -0.39 is 0 Å². The second-order valence-corrected chi connectivity index (χ2v) is 6.56. The van der Waals surface area contributed by atoms with Crippen molar-refractivity contribution < 1.29 is 9.53 Å².